The first-order valence-electron chi connectivity index (χ1n) is 3.81. The molecule has 12 heavy (non-hydrogen) atoms. The lowest BCUT2D eigenvalue weighted by Crippen LogP contribution is -2.18. The molecule has 0 aliphatic heterocycles. The smallest absolute Gasteiger partial charge is 0.306 e. The summed E-state index contributed by atoms with van der Waals surface area (Å²) in [5.41, 5.74) is 0. The minimum absolute atomic E-state index is 0.320. The van der Waals surface area contributed by atoms with Crippen LogP contribution in [0.1, 0.15) is 26.7 Å². The fourth-order valence-electron chi connectivity index (χ4n) is 0.720. The molecule has 0 aromatic rings. The van der Waals surface area contributed by atoms with E-state index < -0.39 is 22.9 Å². The molecule has 0 spiro atoms. The van der Waals surface area contributed by atoms with Gasteiger partial charge in [0.1, 0.15) is 0 Å². The van der Waals surface area contributed by atoms with Crippen LogP contribution in [0.25, 0.3) is 0 Å². The molecule has 0 bridgehead atoms. The highest BCUT2D eigenvalue weighted by Gasteiger charge is 2.17. The van der Waals surface area contributed by atoms with Gasteiger partial charge in [0.25, 0.3) is 0 Å². The SMILES string of the molecule is C[C@H](CC[C@H](C)[N+](=O)[O-])C(=O)O. The van der Waals surface area contributed by atoms with Crippen LogP contribution in [0.4, 0.5) is 0 Å². The zero-order chi connectivity index (χ0) is 9.72. The molecular formula is C7H13NO4. The van der Waals surface area contributed by atoms with E-state index in [1.165, 1.54) is 6.92 Å². The quantitative estimate of drug-likeness (QED) is 0.502. The maximum atomic E-state index is 10.3. The number of carboxylic acid groups (broad SMARTS) is 1. The predicted octanol–water partition coefficient (Wildman–Crippen LogP) is 1.15. The van der Waals surface area contributed by atoms with Crippen molar-refractivity contribution in [1.82, 2.24) is 0 Å². The molecule has 2 atom stereocenters. The van der Waals surface area contributed by atoms with Crippen molar-refractivity contribution in [2.75, 3.05) is 0 Å². The molecule has 0 fully saturated rings. The monoisotopic (exact) mass is 175 g/mol. The summed E-state index contributed by atoms with van der Waals surface area (Å²) in [7, 11) is 0. The molecule has 0 aliphatic rings. The van der Waals surface area contributed by atoms with Crippen LogP contribution in [-0.2, 0) is 4.79 Å². The van der Waals surface area contributed by atoms with Crippen LogP contribution in [0.2, 0.25) is 0 Å². The third-order valence-corrected chi connectivity index (χ3v) is 1.80. The Hall–Kier alpha value is -1.13. The fraction of sp³-hybridized carbons (Fsp3) is 0.857. The molecule has 0 saturated heterocycles. The molecule has 0 rings (SSSR count). The second-order valence-electron chi connectivity index (χ2n) is 2.95. The Morgan fingerprint density at radius 2 is 2.00 bits per heavy atom. The van der Waals surface area contributed by atoms with E-state index >= 15 is 0 Å². The minimum Gasteiger partial charge on any atom is -0.481 e. The number of nitro groups is 1. The predicted molar refractivity (Wildman–Crippen MR) is 42.5 cm³/mol. The van der Waals surface area contributed by atoms with Crippen LogP contribution in [0.5, 0.6) is 0 Å². The van der Waals surface area contributed by atoms with Gasteiger partial charge in [-0.1, -0.05) is 6.92 Å². The first kappa shape index (κ1) is 10.9. The summed E-state index contributed by atoms with van der Waals surface area (Å²) in [5, 5.41) is 18.6. The van der Waals surface area contributed by atoms with Crippen molar-refractivity contribution in [2.24, 2.45) is 5.92 Å². The van der Waals surface area contributed by atoms with Gasteiger partial charge in [-0.2, -0.15) is 0 Å². The Kier molecular flexibility index (Phi) is 4.25. The Labute approximate surface area is 70.5 Å². The van der Waals surface area contributed by atoms with Crippen molar-refractivity contribution in [3.05, 3.63) is 10.1 Å². The van der Waals surface area contributed by atoms with Crippen LogP contribution < -0.4 is 0 Å². The number of hydrogen-bond donors (Lipinski definition) is 1. The van der Waals surface area contributed by atoms with Gasteiger partial charge < -0.3 is 5.11 Å². The normalized spacial score (nSPS) is 15.2. The average molecular weight is 175 g/mol. The van der Waals surface area contributed by atoms with Crippen molar-refractivity contribution < 1.29 is 14.8 Å². The summed E-state index contributed by atoms with van der Waals surface area (Å²) in [4.78, 5) is 20.1. The van der Waals surface area contributed by atoms with Crippen molar-refractivity contribution in [1.29, 1.82) is 0 Å². The lowest BCUT2D eigenvalue weighted by atomic mass is 10.0. The highest BCUT2D eigenvalue weighted by atomic mass is 16.6. The van der Waals surface area contributed by atoms with E-state index in [-0.39, 0.29) is 0 Å². The first-order valence-corrected chi connectivity index (χ1v) is 3.81. The van der Waals surface area contributed by atoms with E-state index in [1.54, 1.807) is 6.92 Å². The van der Waals surface area contributed by atoms with E-state index in [1.807, 2.05) is 0 Å². The summed E-state index contributed by atoms with van der Waals surface area (Å²) in [5.74, 6) is -1.39. The lowest BCUT2D eigenvalue weighted by Gasteiger charge is -2.06. The standard InChI is InChI=1S/C7H13NO4/c1-5(7(9)10)3-4-6(2)8(11)12/h5-6H,3-4H2,1-2H3,(H,9,10)/t5-,6+/m1/s1. The van der Waals surface area contributed by atoms with Gasteiger partial charge in [-0.05, 0) is 6.42 Å². The van der Waals surface area contributed by atoms with E-state index in [0.717, 1.165) is 0 Å². The molecular weight excluding hydrogens is 162 g/mol. The fourth-order valence-corrected chi connectivity index (χ4v) is 0.720. The molecule has 5 heteroatoms. The van der Waals surface area contributed by atoms with Gasteiger partial charge in [0.05, 0.1) is 5.92 Å². The number of hydrogen-bond acceptors (Lipinski definition) is 3. The largest absolute Gasteiger partial charge is 0.481 e. The van der Waals surface area contributed by atoms with Gasteiger partial charge in [-0.15, -0.1) is 0 Å². The molecule has 0 aromatic heterocycles. The van der Waals surface area contributed by atoms with Crippen molar-refractivity contribution in [3.63, 3.8) is 0 Å². The number of nitrogens with zero attached hydrogens (tertiary/aromatic N) is 1. The summed E-state index contributed by atoms with van der Waals surface area (Å²) in [6.07, 6.45) is 0.679. The molecule has 70 valence electrons. The van der Waals surface area contributed by atoms with Crippen LogP contribution in [-0.4, -0.2) is 22.0 Å². The molecule has 0 aliphatic carbocycles. The topological polar surface area (TPSA) is 80.4 Å². The Bertz CT molecular complexity index is 160. The van der Waals surface area contributed by atoms with Gasteiger partial charge in [0.2, 0.25) is 6.04 Å². The van der Waals surface area contributed by atoms with Gasteiger partial charge in [-0.3, -0.25) is 14.9 Å². The molecule has 0 saturated carbocycles. The van der Waals surface area contributed by atoms with Gasteiger partial charge >= 0.3 is 5.97 Å². The summed E-state index contributed by atoms with van der Waals surface area (Å²) < 4.78 is 0. The summed E-state index contributed by atoms with van der Waals surface area (Å²) in [6.45, 7) is 3.03. The van der Waals surface area contributed by atoms with E-state index in [0.29, 0.717) is 12.8 Å². The Balaban J connectivity index is 3.68. The highest BCUT2D eigenvalue weighted by Crippen LogP contribution is 2.09. The maximum Gasteiger partial charge on any atom is 0.306 e. The van der Waals surface area contributed by atoms with E-state index in [4.69, 9.17) is 5.11 Å². The van der Waals surface area contributed by atoms with E-state index in [9.17, 15) is 14.9 Å². The number of carboxylic acids is 1. The molecule has 0 amide bonds. The third-order valence-electron chi connectivity index (χ3n) is 1.80. The maximum absolute atomic E-state index is 10.3. The Morgan fingerprint density at radius 1 is 1.50 bits per heavy atom. The van der Waals surface area contributed by atoms with Crippen LogP contribution >= 0.6 is 0 Å². The van der Waals surface area contributed by atoms with Gasteiger partial charge in [-0.25, -0.2) is 0 Å². The van der Waals surface area contributed by atoms with Crippen LogP contribution in [0, 0.1) is 16.0 Å². The van der Waals surface area contributed by atoms with E-state index in [2.05, 4.69) is 0 Å². The second-order valence-corrected chi connectivity index (χ2v) is 2.95. The van der Waals surface area contributed by atoms with Crippen molar-refractivity contribution in [3.8, 4) is 0 Å². The van der Waals surface area contributed by atoms with Gasteiger partial charge in [0, 0.05) is 18.3 Å². The van der Waals surface area contributed by atoms with Crippen molar-refractivity contribution >= 4 is 5.97 Å². The third kappa shape index (κ3) is 3.90. The van der Waals surface area contributed by atoms with Crippen molar-refractivity contribution in [2.45, 2.75) is 32.7 Å². The van der Waals surface area contributed by atoms with Gasteiger partial charge in [0.15, 0.2) is 0 Å². The minimum atomic E-state index is -0.898. The van der Waals surface area contributed by atoms with Crippen LogP contribution in [0.3, 0.4) is 0 Å². The zero-order valence-corrected chi connectivity index (χ0v) is 7.19. The lowest BCUT2D eigenvalue weighted by molar-refractivity contribution is -0.519. The number of aliphatic carboxylic acids is 1. The zero-order valence-electron chi connectivity index (χ0n) is 7.19. The van der Waals surface area contributed by atoms with Crippen LogP contribution in [0.15, 0.2) is 0 Å². The molecule has 1 N–H and O–H groups in total. The summed E-state index contributed by atoms with van der Waals surface area (Å²) in [6, 6.07) is -0.646. The second kappa shape index (κ2) is 4.69. The average Bonchev–Trinajstić information content (AvgIpc) is 1.98. The first-order chi connectivity index (χ1) is 5.45. The number of carbonyl (C=O) groups is 1. The highest BCUT2D eigenvalue weighted by molar-refractivity contribution is 5.69. The molecule has 0 radical (unpaired) electrons. The molecule has 0 aromatic carbocycles. The molecule has 0 heterocycles. The summed E-state index contributed by atoms with van der Waals surface area (Å²) >= 11 is 0. The Morgan fingerprint density at radius 3 is 2.33 bits per heavy atom. The molecule has 5 nitrogen and oxygen atoms in total. The molecule has 0 unspecified atom stereocenters. The number of rotatable bonds is 5.